The Morgan fingerprint density at radius 2 is 1.65 bits per heavy atom. The predicted octanol–water partition coefficient (Wildman–Crippen LogP) is 5.64. The summed E-state index contributed by atoms with van der Waals surface area (Å²) in [4.78, 5) is 8.41. The Balaban J connectivity index is 1.38. The highest BCUT2D eigenvalue weighted by molar-refractivity contribution is 5.80. The molecule has 2 aromatic carbocycles. The van der Waals surface area contributed by atoms with Crippen LogP contribution < -0.4 is 4.74 Å². The smallest absolute Gasteiger partial charge is 0.406 e. The minimum absolute atomic E-state index is 0.0873. The number of para-hydroxylation sites is 2. The highest BCUT2D eigenvalue weighted by Gasteiger charge is 2.30. The van der Waals surface area contributed by atoms with E-state index in [0.29, 0.717) is 16.8 Å². The third-order valence-corrected chi connectivity index (χ3v) is 5.39. The summed E-state index contributed by atoms with van der Waals surface area (Å²) in [6.45, 7) is -1.21. The van der Waals surface area contributed by atoms with Gasteiger partial charge >= 0.3 is 6.18 Å². The summed E-state index contributed by atoms with van der Waals surface area (Å²) < 4.78 is 48.2. The van der Waals surface area contributed by atoms with E-state index >= 15 is 0 Å². The quantitative estimate of drug-likeness (QED) is 0.327. The molecule has 0 bridgehead atoms. The van der Waals surface area contributed by atoms with E-state index in [0.717, 1.165) is 27.0 Å². The minimum Gasteiger partial charge on any atom is -0.486 e. The molecule has 0 fully saturated rings. The summed E-state index contributed by atoms with van der Waals surface area (Å²) >= 11 is 0. The fourth-order valence-corrected chi connectivity index (χ4v) is 3.89. The fourth-order valence-electron chi connectivity index (χ4n) is 3.89. The maximum absolute atomic E-state index is 13.2. The van der Waals surface area contributed by atoms with Crippen LogP contribution in [0.4, 0.5) is 13.2 Å². The average molecular weight is 463 g/mol. The van der Waals surface area contributed by atoms with Crippen LogP contribution in [0.3, 0.4) is 0 Å². The van der Waals surface area contributed by atoms with Gasteiger partial charge in [0.05, 0.1) is 11.0 Å². The number of pyridine rings is 1. The maximum atomic E-state index is 13.2. The molecule has 3 heterocycles. The van der Waals surface area contributed by atoms with Gasteiger partial charge in [0.1, 0.15) is 30.4 Å². The van der Waals surface area contributed by atoms with Gasteiger partial charge in [0.15, 0.2) is 0 Å². The Labute approximate surface area is 193 Å². The van der Waals surface area contributed by atoms with Gasteiger partial charge in [-0.25, -0.2) is 4.98 Å². The van der Waals surface area contributed by atoms with Crippen LogP contribution in [-0.2, 0) is 20.2 Å². The summed E-state index contributed by atoms with van der Waals surface area (Å²) in [7, 11) is 1.86. The monoisotopic (exact) mass is 463 g/mol. The van der Waals surface area contributed by atoms with Crippen molar-refractivity contribution in [3.8, 4) is 28.1 Å². The molecule has 34 heavy (non-hydrogen) atoms. The lowest BCUT2D eigenvalue weighted by atomic mass is 10.0. The van der Waals surface area contributed by atoms with Crippen molar-refractivity contribution >= 4 is 11.0 Å². The standard InChI is InChI=1S/C25H20F3N5O/c1-32-14-20(17-10-12-29-13-11-17)24(31-32)18-6-8-19(9-7-18)34-15-23-30-21-4-2-3-5-22(21)33(23)16-25(26,27)28/h2-14H,15-16H2,1H3. The number of halogens is 3. The molecule has 0 aliphatic heterocycles. The van der Waals surface area contributed by atoms with Gasteiger partial charge in [-0.1, -0.05) is 12.1 Å². The highest BCUT2D eigenvalue weighted by Crippen LogP contribution is 2.32. The maximum Gasteiger partial charge on any atom is 0.406 e. The molecular formula is C25H20F3N5O. The zero-order valence-corrected chi connectivity index (χ0v) is 18.2. The highest BCUT2D eigenvalue weighted by atomic mass is 19.4. The Bertz CT molecular complexity index is 1420. The number of hydrogen-bond donors (Lipinski definition) is 0. The zero-order valence-electron chi connectivity index (χ0n) is 18.2. The molecule has 0 atom stereocenters. The number of ether oxygens (including phenoxy) is 1. The first-order valence-corrected chi connectivity index (χ1v) is 10.6. The Kier molecular flexibility index (Phi) is 5.53. The van der Waals surface area contributed by atoms with Gasteiger partial charge < -0.3 is 9.30 Å². The van der Waals surface area contributed by atoms with Gasteiger partial charge in [-0.2, -0.15) is 18.3 Å². The summed E-state index contributed by atoms with van der Waals surface area (Å²) in [5, 5.41) is 4.59. The second-order valence-electron chi connectivity index (χ2n) is 7.83. The van der Waals surface area contributed by atoms with E-state index in [1.807, 2.05) is 37.5 Å². The van der Waals surface area contributed by atoms with Crippen LogP contribution in [0.1, 0.15) is 5.82 Å². The van der Waals surface area contributed by atoms with Gasteiger partial charge in [0.25, 0.3) is 0 Å². The molecule has 0 aliphatic rings. The lowest BCUT2D eigenvalue weighted by Crippen LogP contribution is -2.20. The molecule has 3 aromatic heterocycles. The third-order valence-electron chi connectivity index (χ3n) is 5.39. The van der Waals surface area contributed by atoms with Crippen LogP contribution in [0.2, 0.25) is 0 Å². The second kappa shape index (κ2) is 8.66. The van der Waals surface area contributed by atoms with E-state index < -0.39 is 12.7 Å². The first-order chi connectivity index (χ1) is 16.4. The zero-order chi connectivity index (χ0) is 23.7. The number of benzene rings is 2. The first kappa shape index (κ1) is 21.7. The van der Waals surface area contributed by atoms with Crippen LogP contribution in [-0.4, -0.2) is 30.5 Å². The topological polar surface area (TPSA) is 57.8 Å². The van der Waals surface area contributed by atoms with Crippen molar-refractivity contribution in [2.24, 2.45) is 7.05 Å². The molecule has 0 radical (unpaired) electrons. The van der Waals surface area contributed by atoms with E-state index in [1.54, 1.807) is 53.5 Å². The van der Waals surface area contributed by atoms with E-state index in [2.05, 4.69) is 15.1 Å². The summed E-state index contributed by atoms with van der Waals surface area (Å²) in [6.07, 6.45) is 1.04. The van der Waals surface area contributed by atoms with Crippen LogP contribution in [0.25, 0.3) is 33.4 Å². The van der Waals surface area contributed by atoms with Crippen LogP contribution in [0.15, 0.2) is 79.3 Å². The van der Waals surface area contributed by atoms with Crippen molar-refractivity contribution in [3.05, 3.63) is 85.1 Å². The number of rotatable bonds is 6. The molecule has 0 unspecified atom stereocenters. The molecule has 5 rings (SSSR count). The lowest BCUT2D eigenvalue weighted by molar-refractivity contribution is -0.140. The number of alkyl halides is 3. The number of imidazole rings is 1. The van der Waals surface area contributed by atoms with Crippen molar-refractivity contribution < 1.29 is 17.9 Å². The van der Waals surface area contributed by atoms with E-state index in [4.69, 9.17) is 4.74 Å². The van der Waals surface area contributed by atoms with Crippen molar-refractivity contribution in [2.45, 2.75) is 19.3 Å². The molecule has 9 heteroatoms. The van der Waals surface area contributed by atoms with E-state index in [1.165, 1.54) is 0 Å². The first-order valence-electron chi connectivity index (χ1n) is 10.6. The van der Waals surface area contributed by atoms with Gasteiger partial charge in [0.2, 0.25) is 0 Å². The number of nitrogens with zero attached hydrogens (tertiary/aromatic N) is 5. The number of hydrogen-bond acceptors (Lipinski definition) is 4. The average Bonchev–Trinajstić information content (AvgIpc) is 3.38. The van der Waals surface area contributed by atoms with Crippen LogP contribution >= 0.6 is 0 Å². The molecule has 0 spiro atoms. The van der Waals surface area contributed by atoms with Crippen LogP contribution in [0.5, 0.6) is 5.75 Å². The number of fused-ring (bicyclic) bond motifs is 1. The number of aromatic nitrogens is 5. The fraction of sp³-hybridized carbons (Fsp3) is 0.160. The Hall–Kier alpha value is -4.14. The summed E-state index contributed by atoms with van der Waals surface area (Å²) in [6, 6.07) is 17.9. The second-order valence-corrected chi connectivity index (χ2v) is 7.83. The Morgan fingerprint density at radius 3 is 2.38 bits per heavy atom. The van der Waals surface area contributed by atoms with Gasteiger partial charge in [-0.15, -0.1) is 0 Å². The molecule has 0 amide bonds. The van der Waals surface area contributed by atoms with Crippen LogP contribution in [0, 0.1) is 0 Å². The normalized spacial score (nSPS) is 11.8. The van der Waals surface area contributed by atoms with Gasteiger partial charge in [0, 0.05) is 36.8 Å². The SMILES string of the molecule is Cn1cc(-c2ccncc2)c(-c2ccc(OCc3nc4ccccc4n3CC(F)(F)F)cc2)n1. The van der Waals surface area contributed by atoms with E-state index in [9.17, 15) is 13.2 Å². The molecule has 5 aromatic rings. The molecule has 0 saturated heterocycles. The predicted molar refractivity (Wildman–Crippen MR) is 122 cm³/mol. The van der Waals surface area contributed by atoms with Crippen molar-refractivity contribution in [3.63, 3.8) is 0 Å². The van der Waals surface area contributed by atoms with E-state index in [-0.39, 0.29) is 12.4 Å². The van der Waals surface area contributed by atoms with Crippen molar-refractivity contribution in [1.82, 2.24) is 24.3 Å². The summed E-state index contributed by atoms with van der Waals surface area (Å²) in [5.74, 6) is 0.739. The Morgan fingerprint density at radius 1 is 0.912 bits per heavy atom. The van der Waals surface area contributed by atoms with Crippen molar-refractivity contribution in [2.75, 3.05) is 0 Å². The molecule has 172 valence electrons. The molecule has 0 saturated carbocycles. The summed E-state index contributed by atoms with van der Waals surface area (Å²) in [5.41, 5.74) is 4.60. The molecule has 6 nitrogen and oxygen atoms in total. The van der Waals surface area contributed by atoms with Crippen molar-refractivity contribution in [1.29, 1.82) is 0 Å². The lowest BCUT2D eigenvalue weighted by Gasteiger charge is -2.13. The molecule has 0 N–H and O–H groups in total. The molecule has 0 aliphatic carbocycles. The third kappa shape index (κ3) is 4.50. The van der Waals surface area contributed by atoms with Gasteiger partial charge in [-0.05, 0) is 54.1 Å². The minimum atomic E-state index is -4.37. The number of aryl methyl sites for hydroxylation is 1. The largest absolute Gasteiger partial charge is 0.486 e. The molecular weight excluding hydrogens is 443 g/mol. The van der Waals surface area contributed by atoms with Gasteiger partial charge in [-0.3, -0.25) is 9.67 Å².